The van der Waals surface area contributed by atoms with Crippen molar-refractivity contribution in [1.82, 2.24) is 5.32 Å². The van der Waals surface area contributed by atoms with Crippen molar-refractivity contribution < 1.29 is 10.0 Å². The van der Waals surface area contributed by atoms with Gasteiger partial charge in [-0.15, -0.1) is 18.3 Å². The van der Waals surface area contributed by atoms with Crippen molar-refractivity contribution in [2.45, 2.75) is 13.3 Å². The van der Waals surface area contributed by atoms with Gasteiger partial charge in [0.1, 0.15) is 5.04 Å². The fraction of sp³-hybridized carbons (Fsp3) is 0.556. The second kappa shape index (κ2) is 7.44. The zero-order chi connectivity index (χ0) is 11.0. The van der Waals surface area contributed by atoms with Crippen molar-refractivity contribution in [3.05, 3.63) is 12.7 Å². The quantitative estimate of drug-likeness (QED) is 0.240. The Balaban J connectivity index is 4.45. The summed E-state index contributed by atoms with van der Waals surface area (Å²) in [5, 5.41) is 14.9. The Morgan fingerprint density at radius 1 is 1.79 bits per heavy atom. The van der Waals surface area contributed by atoms with Crippen LogP contribution in [0.3, 0.4) is 0 Å². The number of nitrogens with one attached hydrogen (secondary N) is 1. The molecule has 0 heterocycles. The van der Waals surface area contributed by atoms with Crippen LogP contribution >= 0.6 is 11.8 Å². The van der Waals surface area contributed by atoms with E-state index in [4.69, 9.17) is 5.21 Å². The lowest BCUT2D eigenvalue weighted by Crippen LogP contribution is -2.31. The number of rotatable bonds is 5. The Kier molecular flexibility index (Phi) is 6.92. The summed E-state index contributed by atoms with van der Waals surface area (Å²) in [6, 6.07) is 0. The van der Waals surface area contributed by atoms with Crippen LogP contribution in [-0.4, -0.2) is 29.0 Å². The second-order valence-electron chi connectivity index (χ2n) is 2.61. The normalized spacial score (nSPS) is 13.4. The molecule has 14 heavy (non-hydrogen) atoms. The zero-order valence-corrected chi connectivity index (χ0v) is 9.30. The van der Waals surface area contributed by atoms with Crippen LogP contribution in [0.25, 0.3) is 0 Å². The summed E-state index contributed by atoms with van der Waals surface area (Å²) in [4.78, 5) is 11.4. The predicted molar refractivity (Wildman–Crippen MR) is 59.7 cm³/mol. The SMILES string of the molecule is C=CCSC(=NO)C(CC)C(=O)NC. The van der Waals surface area contributed by atoms with E-state index in [0.29, 0.717) is 17.2 Å². The molecule has 1 unspecified atom stereocenters. The van der Waals surface area contributed by atoms with E-state index in [2.05, 4.69) is 17.1 Å². The molecule has 0 aromatic rings. The molecule has 0 saturated heterocycles. The first kappa shape index (κ1) is 13.0. The van der Waals surface area contributed by atoms with Gasteiger partial charge in [0, 0.05) is 12.8 Å². The van der Waals surface area contributed by atoms with Crippen LogP contribution in [0, 0.1) is 5.92 Å². The molecule has 0 rings (SSSR count). The number of amides is 1. The lowest BCUT2D eigenvalue weighted by Gasteiger charge is -2.13. The molecule has 1 atom stereocenters. The number of carbonyl (C=O) groups is 1. The molecule has 0 fully saturated rings. The van der Waals surface area contributed by atoms with Crippen molar-refractivity contribution in [3.8, 4) is 0 Å². The average molecular weight is 216 g/mol. The summed E-state index contributed by atoms with van der Waals surface area (Å²) in [7, 11) is 1.57. The van der Waals surface area contributed by atoms with E-state index in [9.17, 15) is 4.79 Å². The first-order valence-corrected chi connectivity index (χ1v) is 5.37. The maximum absolute atomic E-state index is 11.4. The number of oxime groups is 1. The van der Waals surface area contributed by atoms with Crippen LogP contribution in [0.1, 0.15) is 13.3 Å². The third-order valence-electron chi connectivity index (χ3n) is 1.72. The van der Waals surface area contributed by atoms with E-state index in [0.717, 1.165) is 0 Å². The predicted octanol–water partition coefficient (Wildman–Crippen LogP) is 1.47. The molecule has 0 aromatic heterocycles. The minimum atomic E-state index is -0.366. The molecule has 0 aliphatic heterocycles. The van der Waals surface area contributed by atoms with Crippen molar-refractivity contribution in [2.24, 2.45) is 11.1 Å². The van der Waals surface area contributed by atoms with Crippen LogP contribution in [0.2, 0.25) is 0 Å². The number of thioether (sulfide) groups is 1. The summed E-state index contributed by atoms with van der Waals surface area (Å²) in [5.74, 6) is 0.138. The van der Waals surface area contributed by atoms with Gasteiger partial charge in [0.15, 0.2) is 0 Å². The molecule has 0 aromatic carbocycles. The highest BCUT2D eigenvalue weighted by Crippen LogP contribution is 2.16. The Morgan fingerprint density at radius 2 is 2.43 bits per heavy atom. The Morgan fingerprint density at radius 3 is 2.79 bits per heavy atom. The van der Waals surface area contributed by atoms with Gasteiger partial charge < -0.3 is 10.5 Å². The molecule has 80 valence electrons. The topological polar surface area (TPSA) is 61.7 Å². The molecule has 4 nitrogen and oxygen atoms in total. The zero-order valence-electron chi connectivity index (χ0n) is 8.49. The van der Waals surface area contributed by atoms with E-state index in [-0.39, 0.29) is 11.8 Å². The van der Waals surface area contributed by atoms with Crippen molar-refractivity contribution in [1.29, 1.82) is 0 Å². The number of nitrogens with zero attached hydrogens (tertiary/aromatic N) is 1. The highest BCUT2D eigenvalue weighted by atomic mass is 32.2. The maximum atomic E-state index is 11.4. The van der Waals surface area contributed by atoms with E-state index < -0.39 is 0 Å². The van der Waals surface area contributed by atoms with Gasteiger partial charge in [0.25, 0.3) is 0 Å². The molecule has 1 amide bonds. The summed E-state index contributed by atoms with van der Waals surface area (Å²) in [6.45, 7) is 5.43. The van der Waals surface area contributed by atoms with E-state index >= 15 is 0 Å². The monoisotopic (exact) mass is 216 g/mol. The van der Waals surface area contributed by atoms with E-state index in [1.54, 1.807) is 13.1 Å². The van der Waals surface area contributed by atoms with Crippen LogP contribution in [0.4, 0.5) is 0 Å². The molecule has 0 spiro atoms. The van der Waals surface area contributed by atoms with Gasteiger partial charge >= 0.3 is 0 Å². The summed E-state index contributed by atoms with van der Waals surface area (Å²) >= 11 is 1.32. The van der Waals surface area contributed by atoms with Gasteiger partial charge in [-0.2, -0.15) is 0 Å². The standard InChI is InChI=1S/C9H16N2O2S/c1-4-6-14-9(11-13)7(5-2)8(12)10-3/h4,7,13H,1,5-6H2,2-3H3,(H,10,12). The Bertz CT molecular complexity index is 229. The molecule has 5 heteroatoms. The first-order chi connectivity index (χ1) is 6.71. The Hall–Kier alpha value is -0.970. The lowest BCUT2D eigenvalue weighted by molar-refractivity contribution is -0.122. The van der Waals surface area contributed by atoms with Gasteiger partial charge in [-0.3, -0.25) is 4.79 Å². The van der Waals surface area contributed by atoms with Gasteiger partial charge in [-0.05, 0) is 6.42 Å². The van der Waals surface area contributed by atoms with Crippen molar-refractivity contribution >= 4 is 22.7 Å². The molecule has 2 N–H and O–H groups in total. The average Bonchev–Trinajstić information content (AvgIpc) is 2.23. The van der Waals surface area contributed by atoms with Gasteiger partial charge in [0.2, 0.25) is 5.91 Å². The molecule has 0 aliphatic rings. The third-order valence-corrected chi connectivity index (χ3v) is 2.78. The Labute approximate surface area is 88.4 Å². The molecular formula is C9H16N2O2S. The third kappa shape index (κ3) is 3.83. The minimum Gasteiger partial charge on any atom is -0.410 e. The van der Waals surface area contributed by atoms with Gasteiger partial charge in [-0.25, -0.2) is 0 Å². The van der Waals surface area contributed by atoms with Crippen molar-refractivity contribution in [3.63, 3.8) is 0 Å². The van der Waals surface area contributed by atoms with Gasteiger partial charge in [-0.1, -0.05) is 18.2 Å². The summed E-state index contributed by atoms with van der Waals surface area (Å²) < 4.78 is 0. The van der Waals surface area contributed by atoms with Crippen LogP contribution in [0.5, 0.6) is 0 Å². The van der Waals surface area contributed by atoms with Crippen LogP contribution < -0.4 is 5.32 Å². The van der Waals surface area contributed by atoms with Crippen molar-refractivity contribution in [2.75, 3.05) is 12.8 Å². The van der Waals surface area contributed by atoms with E-state index in [1.165, 1.54) is 11.8 Å². The number of hydrogen-bond donors (Lipinski definition) is 2. The highest BCUT2D eigenvalue weighted by Gasteiger charge is 2.22. The smallest absolute Gasteiger partial charge is 0.229 e. The molecule has 0 bridgehead atoms. The molecular weight excluding hydrogens is 200 g/mol. The molecule has 0 radical (unpaired) electrons. The number of carbonyl (C=O) groups excluding carboxylic acids is 1. The van der Waals surface area contributed by atoms with Crippen LogP contribution in [-0.2, 0) is 4.79 Å². The number of hydrogen-bond acceptors (Lipinski definition) is 4. The lowest BCUT2D eigenvalue weighted by atomic mass is 10.1. The maximum Gasteiger partial charge on any atom is 0.229 e. The highest BCUT2D eigenvalue weighted by molar-refractivity contribution is 8.14. The summed E-state index contributed by atoms with van der Waals surface area (Å²) in [6.07, 6.45) is 2.32. The largest absolute Gasteiger partial charge is 0.410 e. The molecule has 0 saturated carbocycles. The second-order valence-corrected chi connectivity index (χ2v) is 3.65. The van der Waals surface area contributed by atoms with Gasteiger partial charge in [0.05, 0.1) is 5.92 Å². The minimum absolute atomic E-state index is 0.128. The summed E-state index contributed by atoms with van der Waals surface area (Å²) in [5.41, 5.74) is 0. The van der Waals surface area contributed by atoms with E-state index in [1.807, 2.05) is 6.92 Å². The fourth-order valence-corrected chi connectivity index (χ4v) is 1.81. The van der Waals surface area contributed by atoms with Crippen LogP contribution in [0.15, 0.2) is 17.8 Å². The molecule has 0 aliphatic carbocycles. The fourth-order valence-electron chi connectivity index (χ4n) is 0.990. The first-order valence-electron chi connectivity index (χ1n) is 4.38.